The average Bonchev–Trinajstić information content (AvgIpc) is 3.34. The second kappa shape index (κ2) is 17.4. The Hall–Kier alpha value is -7.20. The van der Waals surface area contributed by atoms with Gasteiger partial charge in [0.25, 0.3) is 0 Å². The number of hydrogen-bond acceptors (Lipinski definition) is 0. The van der Waals surface area contributed by atoms with E-state index in [1.54, 1.807) is 0 Å². The molecule has 340 valence electrons. The van der Waals surface area contributed by atoms with Crippen LogP contribution in [0.1, 0.15) is 104 Å². The van der Waals surface area contributed by atoms with E-state index in [2.05, 4.69) is 270 Å². The van der Waals surface area contributed by atoms with E-state index < -0.39 is 0 Å². The highest BCUT2D eigenvalue weighted by Crippen LogP contribution is 2.54. The summed E-state index contributed by atoms with van der Waals surface area (Å²) in [5, 5.41) is 7.42. The van der Waals surface area contributed by atoms with Crippen LogP contribution in [0.25, 0.3) is 99.1 Å². The zero-order chi connectivity index (χ0) is 48.4. The highest BCUT2D eigenvalue weighted by atomic mass is 14.3. The van der Waals surface area contributed by atoms with Crippen LogP contribution in [0.15, 0.2) is 182 Å². The van der Waals surface area contributed by atoms with Crippen molar-refractivity contribution in [2.24, 2.45) is 0 Å². The molecule has 10 aromatic rings. The second-order valence-corrected chi connectivity index (χ2v) is 22.6. The van der Waals surface area contributed by atoms with Crippen LogP contribution in [0.3, 0.4) is 0 Å². The van der Waals surface area contributed by atoms with Crippen molar-refractivity contribution in [1.82, 2.24) is 0 Å². The Labute approximate surface area is 411 Å². The van der Waals surface area contributed by atoms with Crippen LogP contribution < -0.4 is 0 Å². The van der Waals surface area contributed by atoms with Gasteiger partial charge in [-0.2, -0.15) is 0 Å². The zero-order valence-electron chi connectivity index (χ0n) is 42.4. The van der Waals surface area contributed by atoms with Gasteiger partial charge in [0, 0.05) is 22.1 Å². The fraction of sp³-hybridized carbons (Fsp3) is 0.217. The van der Waals surface area contributed by atoms with Crippen LogP contribution in [-0.4, -0.2) is 0 Å². The van der Waals surface area contributed by atoms with Crippen molar-refractivity contribution >= 4 is 32.3 Å². The van der Waals surface area contributed by atoms with Gasteiger partial charge in [0.05, 0.1) is 0 Å². The first-order chi connectivity index (χ1) is 33.0. The van der Waals surface area contributed by atoms with E-state index in [4.69, 9.17) is 0 Å². The molecule has 0 nitrogen and oxygen atoms in total. The monoisotopic (exact) mass is 893 g/mol. The van der Waals surface area contributed by atoms with E-state index in [-0.39, 0.29) is 16.2 Å². The largest absolute Gasteiger partial charge is 0.0622 e. The lowest BCUT2D eigenvalue weighted by molar-refractivity contribution is 0.590. The Morgan fingerprint density at radius 2 is 0.667 bits per heavy atom. The van der Waals surface area contributed by atoms with Gasteiger partial charge in [-0.15, -0.1) is 0 Å². The number of hydrogen-bond donors (Lipinski definition) is 0. The maximum atomic E-state index is 3.82. The van der Waals surface area contributed by atoms with Crippen LogP contribution in [0.2, 0.25) is 0 Å². The molecule has 0 heterocycles. The van der Waals surface area contributed by atoms with Crippen molar-refractivity contribution in [3.63, 3.8) is 0 Å². The van der Waals surface area contributed by atoms with Crippen molar-refractivity contribution in [2.45, 2.75) is 98.3 Å². The molecule has 0 saturated heterocycles. The van der Waals surface area contributed by atoms with Crippen molar-refractivity contribution in [2.75, 3.05) is 0 Å². The summed E-state index contributed by atoms with van der Waals surface area (Å²) in [6.07, 6.45) is 0. The van der Waals surface area contributed by atoms with E-state index in [1.807, 2.05) is 0 Å². The molecule has 0 atom stereocenters. The van der Waals surface area contributed by atoms with Crippen LogP contribution in [0, 0.1) is 12.1 Å². The van der Waals surface area contributed by atoms with Crippen molar-refractivity contribution in [3.05, 3.63) is 216 Å². The van der Waals surface area contributed by atoms with Gasteiger partial charge in [-0.25, -0.2) is 0 Å². The Kier molecular flexibility index (Phi) is 11.5. The standard InChI is InChI=1S/C69H64/c1-44(2)45-22-28-50(29-23-45)61-57-40-38-55(68(6,7)8)42-59(57)64(52-32-26-49(27-33-52)47-20-16-13-17-21-47)66-62(53-34-36-54(37-35-53)67(3,4)5)58-41-39-56(69(9,10)11)43-60(58)63(65(61)66)51-30-24-48(25-31-51)46-18-14-12-15-19-46/h12-26,28-32,34-44H,1-11H3. The predicted octanol–water partition coefficient (Wildman–Crippen LogP) is 19.8. The topological polar surface area (TPSA) is 0 Å². The maximum Gasteiger partial charge on any atom is 0.0334 e. The smallest absolute Gasteiger partial charge is 0.0334 e. The quantitative estimate of drug-likeness (QED) is 0.140. The molecule has 0 aliphatic rings. The molecule has 0 N–H and O–H groups in total. The second-order valence-electron chi connectivity index (χ2n) is 22.6. The maximum absolute atomic E-state index is 3.82. The van der Waals surface area contributed by atoms with Gasteiger partial charge < -0.3 is 0 Å². The summed E-state index contributed by atoms with van der Waals surface area (Å²) >= 11 is 0. The van der Waals surface area contributed by atoms with E-state index >= 15 is 0 Å². The summed E-state index contributed by atoms with van der Waals surface area (Å²) in [5.41, 5.74) is 19.2. The first kappa shape index (κ1) is 45.6. The molecule has 0 aliphatic heterocycles. The molecule has 0 aromatic heterocycles. The summed E-state index contributed by atoms with van der Waals surface area (Å²) in [4.78, 5) is 0. The van der Waals surface area contributed by atoms with E-state index in [0.717, 1.165) is 16.7 Å². The van der Waals surface area contributed by atoms with Gasteiger partial charge >= 0.3 is 0 Å². The Balaban J connectivity index is 1.48. The Bertz CT molecular complexity index is 3470. The molecule has 0 saturated carbocycles. The van der Waals surface area contributed by atoms with E-state index in [9.17, 15) is 0 Å². The average molecular weight is 893 g/mol. The highest BCUT2D eigenvalue weighted by Gasteiger charge is 2.29. The molecule has 0 heteroatoms. The lowest BCUT2D eigenvalue weighted by Crippen LogP contribution is -2.11. The fourth-order valence-corrected chi connectivity index (χ4v) is 10.3. The molecule has 0 aliphatic carbocycles. The molecule has 10 aromatic carbocycles. The summed E-state index contributed by atoms with van der Waals surface area (Å²) < 4.78 is 0. The van der Waals surface area contributed by atoms with Crippen LogP contribution in [0.5, 0.6) is 0 Å². The number of rotatable bonds is 7. The van der Waals surface area contributed by atoms with Crippen LogP contribution in [-0.2, 0) is 16.2 Å². The van der Waals surface area contributed by atoms with Gasteiger partial charge in [-0.05, 0) is 146 Å². The first-order valence-electron chi connectivity index (χ1n) is 24.9. The van der Waals surface area contributed by atoms with Gasteiger partial charge in [0.2, 0.25) is 0 Å². The molecule has 0 fully saturated rings. The molecule has 69 heavy (non-hydrogen) atoms. The normalized spacial score (nSPS) is 12.3. The van der Waals surface area contributed by atoms with Gasteiger partial charge in [-0.1, -0.05) is 246 Å². The zero-order valence-corrected chi connectivity index (χ0v) is 42.4. The predicted molar refractivity (Wildman–Crippen MR) is 299 cm³/mol. The molecule has 0 bridgehead atoms. The minimum atomic E-state index is -0.0868. The van der Waals surface area contributed by atoms with Crippen molar-refractivity contribution in [3.8, 4) is 66.8 Å². The highest BCUT2D eigenvalue weighted by molar-refractivity contribution is 6.34. The van der Waals surface area contributed by atoms with Gasteiger partial charge in [-0.3, -0.25) is 0 Å². The summed E-state index contributed by atoms with van der Waals surface area (Å²) in [6, 6.07) is 76.2. The van der Waals surface area contributed by atoms with E-state index in [1.165, 1.54) is 105 Å². The molecule has 10 rings (SSSR count). The third kappa shape index (κ3) is 8.55. The molecule has 0 unspecified atom stereocenters. The minimum Gasteiger partial charge on any atom is -0.0622 e. The lowest BCUT2D eigenvalue weighted by atomic mass is 9.75. The number of benzene rings is 9. The minimum absolute atomic E-state index is 0.00534. The molecule has 0 amide bonds. The molecule has 0 spiro atoms. The summed E-state index contributed by atoms with van der Waals surface area (Å²) in [7, 11) is 0. The van der Waals surface area contributed by atoms with Crippen molar-refractivity contribution < 1.29 is 0 Å². The summed E-state index contributed by atoms with van der Waals surface area (Å²) in [6.45, 7) is 25.5. The Morgan fingerprint density at radius 1 is 0.304 bits per heavy atom. The third-order valence-electron chi connectivity index (χ3n) is 14.4. The number of fused-ring (bicyclic) bond motifs is 3. The van der Waals surface area contributed by atoms with Gasteiger partial charge in [0.1, 0.15) is 0 Å². The fourth-order valence-electron chi connectivity index (χ4n) is 10.3. The SMILES string of the molecule is CC(C)c1ccc(-c2c3ccc(C(C)(C)C)cc3c(-c3c#cc(-c4ccccc4)cc3)c3c(-c4ccc(C(C)(C)C)cc4)c4ccc(C(C)(C)C)cc4c(-c4ccc(-c5ccccc5)cc4)c23)cc1. The van der Waals surface area contributed by atoms with Crippen molar-refractivity contribution in [1.29, 1.82) is 0 Å². The molecule has 0 radical (unpaired) electrons. The third-order valence-corrected chi connectivity index (χ3v) is 14.4. The Morgan fingerprint density at radius 3 is 1.13 bits per heavy atom. The molecular weight excluding hydrogens is 829 g/mol. The molecular formula is C69H64. The first-order valence-corrected chi connectivity index (χ1v) is 24.9. The lowest BCUT2D eigenvalue weighted by Gasteiger charge is -2.28. The van der Waals surface area contributed by atoms with Crippen LogP contribution in [0.4, 0.5) is 0 Å². The van der Waals surface area contributed by atoms with Crippen LogP contribution >= 0.6 is 0 Å². The van der Waals surface area contributed by atoms with E-state index in [0.29, 0.717) is 5.92 Å². The van der Waals surface area contributed by atoms with Gasteiger partial charge in [0.15, 0.2) is 0 Å². The summed E-state index contributed by atoms with van der Waals surface area (Å²) in [5.74, 6) is 0.413.